The maximum atomic E-state index is 11.4. The quantitative estimate of drug-likeness (QED) is 0.758. The van der Waals surface area contributed by atoms with Gasteiger partial charge in [-0.05, 0) is 18.6 Å². The molecule has 2 N–H and O–H groups in total. The average molecular weight is 217 g/mol. The van der Waals surface area contributed by atoms with E-state index in [1.54, 1.807) is 6.07 Å². The summed E-state index contributed by atoms with van der Waals surface area (Å²) >= 11 is 0. The van der Waals surface area contributed by atoms with Crippen LogP contribution in [-0.2, 0) is 4.79 Å². The number of carbonyl (C=O) groups is 1. The number of benzene rings is 1. The molecule has 16 heavy (non-hydrogen) atoms. The largest absolute Gasteiger partial charge is 0.384 e. The van der Waals surface area contributed by atoms with E-state index in [1.165, 1.54) is 0 Å². The Kier molecular flexibility index (Phi) is 5.10. The van der Waals surface area contributed by atoms with Crippen LogP contribution in [0.1, 0.15) is 25.3 Å². The molecule has 0 fully saturated rings. The van der Waals surface area contributed by atoms with Crippen LogP contribution >= 0.6 is 0 Å². The van der Waals surface area contributed by atoms with Crippen molar-refractivity contribution in [2.45, 2.75) is 19.8 Å². The first-order valence-corrected chi connectivity index (χ1v) is 5.26. The molecule has 0 saturated carbocycles. The number of aliphatic hydroxyl groups excluding tert-OH is 1. The van der Waals surface area contributed by atoms with Gasteiger partial charge in [0.1, 0.15) is 6.61 Å². The van der Waals surface area contributed by atoms with Crippen LogP contribution in [0.25, 0.3) is 0 Å². The Morgan fingerprint density at radius 2 is 2.19 bits per heavy atom. The van der Waals surface area contributed by atoms with Crippen molar-refractivity contribution in [1.29, 1.82) is 0 Å². The van der Waals surface area contributed by atoms with Crippen LogP contribution < -0.4 is 5.32 Å². The number of aliphatic hydroxyl groups is 1. The molecule has 0 aliphatic rings. The lowest BCUT2D eigenvalue weighted by Crippen LogP contribution is -2.11. The fourth-order valence-corrected chi connectivity index (χ4v) is 1.28. The van der Waals surface area contributed by atoms with Crippen LogP contribution in [0.5, 0.6) is 0 Å². The Morgan fingerprint density at radius 1 is 1.44 bits per heavy atom. The van der Waals surface area contributed by atoms with E-state index in [2.05, 4.69) is 17.2 Å². The van der Waals surface area contributed by atoms with Crippen molar-refractivity contribution in [3.05, 3.63) is 29.8 Å². The normalized spacial score (nSPS) is 9.12. The molecule has 1 aromatic carbocycles. The van der Waals surface area contributed by atoms with Gasteiger partial charge in [-0.2, -0.15) is 0 Å². The molecule has 0 unspecified atom stereocenters. The zero-order valence-electron chi connectivity index (χ0n) is 9.29. The monoisotopic (exact) mass is 217 g/mol. The summed E-state index contributed by atoms with van der Waals surface area (Å²) in [5, 5.41) is 11.4. The van der Waals surface area contributed by atoms with Crippen molar-refractivity contribution in [2.75, 3.05) is 11.9 Å². The first-order valence-electron chi connectivity index (χ1n) is 5.26. The minimum atomic E-state index is -0.183. The van der Waals surface area contributed by atoms with E-state index in [4.69, 9.17) is 5.11 Å². The molecule has 1 rings (SSSR count). The topological polar surface area (TPSA) is 49.3 Å². The lowest BCUT2D eigenvalue weighted by atomic mass is 10.1. The number of rotatable bonds is 3. The summed E-state index contributed by atoms with van der Waals surface area (Å²) in [5.74, 6) is 5.35. The number of carbonyl (C=O) groups excluding carboxylic acids is 1. The highest BCUT2D eigenvalue weighted by Crippen LogP contribution is 2.13. The molecule has 0 spiro atoms. The van der Waals surface area contributed by atoms with Gasteiger partial charge in [0.05, 0.1) is 5.69 Å². The number of anilines is 1. The summed E-state index contributed by atoms with van der Waals surface area (Å²) in [6.45, 7) is 1.77. The van der Waals surface area contributed by atoms with Crippen LogP contribution in [0.4, 0.5) is 5.69 Å². The van der Waals surface area contributed by atoms with Gasteiger partial charge in [0.15, 0.2) is 0 Å². The van der Waals surface area contributed by atoms with Gasteiger partial charge in [0, 0.05) is 12.0 Å². The van der Waals surface area contributed by atoms with Gasteiger partial charge >= 0.3 is 0 Å². The molecule has 0 radical (unpaired) electrons. The third-order valence-corrected chi connectivity index (χ3v) is 1.98. The van der Waals surface area contributed by atoms with Crippen molar-refractivity contribution in [3.63, 3.8) is 0 Å². The second-order valence-electron chi connectivity index (χ2n) is 3.30. The van der Waals surface area contributed by atoms with E-state index in [0.717, 1.165) is 12.0 Å². The van der Waals surface area contributed by atoms with Crippen LogP contribution in [0.2, 0.25) is 0 Å². The highest BCUT2D eigenvalue weighted by atomic mass is 16.2. The van der Waals surface area contributed by atoms with Crippen LogP contribution in [0.15, 0.2) is 24.3 Å². The fraction of sp³-hybridized carbons (Fsp3) is 0.308. The van der Waals surface area contributed by atoms with Gasteiger partial charge in [0.2, 0.25) is 5.91 Å². The molecule has 84 valence electrons. The summed E-state index contributed by atoms with van der Waals surface area (Å²) in [4.78, 5) is 11.4. The Hall–Kier alpha value is -1.79. The summed E-state index contributed by atoms with van der Waals surface area (Å²) < 4.78 is 0. The predicted octanol–water partition coefficient (Wildman–Crippen LogP) is 1.77. The second-order valence-corrected chi connectivity index (χ2v) is 3.30. The van der Waals surface area contributed by atoms with E-state index in [-0.39, 0.29) is 12.5 Å². The highest BCUT2D eigenvalue weighted by molar-refractivity contribution is 5.92. The fourth-order valence-electron chi connectivity index (χ4n) is 1.28. The summed E-state index contributed by atoms with van der Waals surface area (Å²) in [6.07, 6.45) is 1.32. The van der Waals surface area contributed by atoms with E-state index in [0.29, 0.717) is 12.1 Å². The Balaban J connectivity index is 2.82. The van der Waals surface area contributed by atoms with E-state index in [1.807, 2.05) is 25.1 Å². The average Bonchev–Trinajstić information content (AvgIpc) is 2.28. The third-order valence-electron chi connectivity index (χ3n) is 1.98. The number of amides is 1. The maximum Gasteiger partial charge on any atom is 0.224 e. The number of hydrogen-bond acceptors (Lipinski definition) is 2. The molecular formula is C13H15NO2. The van der Waals surface area contributed by atoms with Crippen LogP contribution in [0, 0.1) is 11.8 Å². The minimum Gasteiger partial charge on any atom is -0.384 e. The second kappa shape index (κ2) is 6.65. The molecule has 0 saturated heterocycles. The van der Waals surface area contributed by atoms with Crippen molar-refractivity contribution >= 4 is 11.6 Å². The first-order chi connectivity index (χ1) is 7.77. The zero-order chi connectivity index (χ0) is 11.8. The summed E-state index contributed by atoms with van der Waals surface area (Å²) in [5.41, 5.74) is 1.42. The molecule has 3 heteroatoms. The number of hydrogen-bond donors (Lipinski definition) is 2. The van der Waals surface area contributed by atoms with Crippen LogP contribution in [-0.4, -0.2) is 17.6 Å². The third kappa shape index (κ3) is 3.76. The molecule has 0 aromatic heterocycles. The number of para-hydroxylation sites is 1. The summed E-state index contributed by atoms with van der Waals surface area (Å²) in [7, 11) is 0. The summed E-state index contributed by atoms with van der Waals surface area (Å²) in [6, 6.07) is 7.29. The molecule has 0 bridgehead atoms. The van der Waals surface area contributed by atoms with Crippen molar-refractivity contribution < 1.29 is 9.90 Å². The molecule has 3 nitrogen and oxygen atoms in total. The standard InChI is InChI=1S/C13H15NO2/c1-2-6-13(16)14-12-9-4-3-7-11(12)8-5-10-15/h3-4,7,9,15H,2,6,10H2,1H3,(H,14,16). The highest BCUT2D eigenvalue weighted by Gasteiger charge is 2.03. The molecule has 0 heterocycles. The Labute approximate surface area is 95.5 Å². The van der Waals surface area contributed by atoms with Crippen molar-refractivity contribution in [1.82, 2.24) is 0 Å². The number of nitrogens with one attached hydrogen (secondary N) is 1. The SMILES string of the molecule is CCCC(=O)Nc1ccccc1C#CCO. The van der Waals surface area contributed by atoms with E-state index in [9.17, 15) is 4.79 Å². The molecule has 1 aromatic rings. The van der Waals surface area contributed by atoms with Gasteiger partial charge < -0.3 is 10.4 Å². The van der Waals surface area contributed by atoms with Crippen molar-refractivity contribution in [2.24, 2.45) is 0 Å². The molecule has 1 amide bonds. The molecule has 0 atom stereocenters. The van der Waals surface area contributed by atoms with Crippen molar-refractivity contribution in [3.8, 4) is 11.8 Å². The lowest BCUT2D eigenvalue weighted by Gasteiger charge is -2.06. The van der Waals surface area contributed by atoms with Crippen LogP contribution in [0.3, 0.4) is 0 Å². The molecule has 0 aliphatic heterocycles. The minimum absolute atomic E-state index is 0.0132. The first kappa shape index (κ1) is 12.3. The van der Waals surface area contributed by atoms with Gasteiger partial charge in [-0.25, -0.2) is 0 Å². The van der Waals surface area contributed by atoms with E-state index < -0.39 is 0 Å². The van der Waals surface area contributed by atoms with Gasteiger partial charge in [0.25, 0.3) is 0 Å². The zero-order valence-corrected chi connectivity index (χ0v) is 9.29. The maximum absolute atomic E-state index is 11.4. The van der Waals surface area contributed by atoms with Gasteiger partial charge in [-0.3, -0.25) is 4.79 Å². The Bertz CT molecular complexity index is 415. The van der Waals surface area contributed by atoms with E-state index >= 15 is 0 Å². The smallest absolute Gasteiger partial charge is 0.224 e. The van der Waals surface area contributed by atoms with Gasteiger partial charge in [-0.1, -0.05) is 30.9 Å². The molecular weight excluding hydrogens is 202 g/mol. The predicted molar refractivity (Wildman–Crippen MR) is 63.9 cm³/mol. The van der Waals surface area contributed by atoms with Gasteiger partial charge in [-0.15, -0.1) is 0 Å². The molecule has 0 aliphatic carbocycles. The Morgan fingerprint density at radius 3 is 2.88 bits per heavy atom. The lowest BCUT2D eigenvalue weighted by molar-refractivity contribution is -0.116.